The minimum absolute atomic E-state index is 0.110. The maximum Gasteiger partial charge on any atom is 0.289 e. The van der Waals surface area contributed by atoms with Crippen LogP contribution in [0, 0.1) is 5.92 Å². The van der Waals surface area contributed by atoms with Gasteiger partial charge in [0, 0.05) is 25.3 Å². The van der Waals surface area contributed by atoms with Crippen molar-refractivity contribution in [1.82, 2.24) is 10.2 Å². The molecule has 166 valence electrons. The maximum atomic E-state index is 12.8. The number of ketones is 1. The summed E-state index contributed by atoms with van der Waals surface area (Å²) in [5.41, 5.74) is 0. The quantitative estimate of drug-likeness (QED) is 0.568. The molecule has 0 heterocycles. The number of nitrogens with zero attached hydrogens (tertiary/aromatic N) is 1. The Morgan fingerprint density at radius 1 is 0.966 bits per heavy atom. The number of carbonyl (C=O) groups is 3. The third-order valence-electron chi connectivity index (χ3n) is 6.24. The Hall–Kier alpha value is -1.44. The first-order valence-corrected chi connectivity index (χ1v) is 13.1. The van der Waals surface area contributed by atoms with Crippen LogP contribution in [0.4, 0.5) is 0 Å². The fourth-order valence-corrected chi connectivity index (χ4v) is 5.07. The molecule has 0 bridgehead atoms. The Morgan fingerprint density at radius 2 is 1.52 bits per heavy atom. The van der Waals surface area contributed by atoms with Gasteiger partial charge < -0.3 is 10.2 Å². The highest BCUT2D eigenvalue weighted by Gasteiger charge is 2.35. The number of carbonyl (C=O) groups excluding carboxylic acids is 3. The topological polar surface area (TPSA) is 101 Å². The van der Waals surface area contributed by atoms with Crippen molar-refractivity contribution in [1.29, 1.82) is 0 Å². The molecule has 0 radical (unpaired) electrons. The maximum absolute atomic E-state index is 12.8. The highest BCUT2D eigenvalue weighted by molar-refractivity contribution is 7.90. The summed E-state index contributed by atoms with van der Waals surface area (Å²) in [7, 11) is -3.28. The van der Waals surface area contributed by atoms with E-state index in [4.69, 9.17) is 0 Å². The SMILES string of the molecule is CC(C(=O)C(=O)NCC1CCCCC1)N(C(=O)CCS(C)(=O)=O)C1CCCCC1. The summed E-state index contributed by atoms with van der Waals surface area (Å²) < 4.78 is 23.0. The van der Waals surface area contributed by atoms with Crippen LogP contribution < -0.4 is 5.32 Å². The van der Waals surface area contributed by atoms with Gasteiger partial charge in [0.25, 0.3) is 5.91 Å². The Balaban J connectivity index is 2.01. The molecule has 7 nitrogen and oxygen atoms in total. The molecule has 0 aromatic rings. The van der Waals surface area contributed by atoms with E-state index in [1.165, 1.54) is 11.3 Å². The van der Waals surface area contributed by atoms with Gasteiger partial charge in [-0.15, -0.1) is 0 Å². The van der Waals surface area contributed by atoms with E-state index in [0.29, 0.717) is 12.5 Å². The van der Waals surface area contributed by atoms with Gasteiger partial charge in [-0.05, 0) is 38.5 Å². The van der Waals surface area contributed by atoms with Crippen LogP contribution in [0.5, 0.6) is 0 Å². The Kier molecular flexibility index (Phi) is 9.11. The molecular weight excluding hydrogens is 392 g/mol. The standard InChI is InChI=1S/C21H36N2O5S/c1-16(20(25)21(26)22-15-17-9-5-3-6-10-17)23(18-11-7-4-8-12-18)19(24)13-14-29(2,27)28/h16-18H,3-15H2,1-2H3,(H,22,26). The van der Waals surface area contributed by atoms with Crippen LogP contribution in [-0.2, 0) is 24.2 Å². The Morgan fingerprint density at radius 3 is 2.07 bits per heavy atom. The van der Waals surface area contributed by atoms with Crippen molar-refractivity contribution in [3.63, 3.8) is 0 Å². The molecule has 8 heteroatoms. The molecule has 0 aromatic carbocycles. The molecule has 0 aromatic heterocycles. The zero-order chi connectivity index (χ0) is 21.4. The molecule has 1 unspecified atom stereocenters. The van der Waals surface area contributed by atoms with Gasteiger partial charge in [-0.3, -0.25) is 14.4 Å². The van der Waals surface area contributed by atoms with Gasteiger partial charge in [0.2, 0.25) is 11.7 Å². The summed E-state index contributed by atoms with van der Waals surface area (Å²) in [5, 5.41) is 2.76. The van der Waals surface area contributed by atoms with Crippen LogP contribution in [0.2, 0.25) is 0 Å². The fourth-order valence-electron chi connectivity index (χ4n) is 4.53. The second-order valence-corrected chi connectivity index (χ2v) is 11.0. The lowest BCUT2D eigenvalue weighted by Gasteiger charge is -2.38. The van der Waals surface area contributed by atoms with Crippen LogP contribution in [0.25, 0.3) is 0 Å². The molecule has 2 saturated carbocycles. The molecule has 0 aliphatic heterocycles. The number of amides is 2. The summed E-state index contributed by atoms with van der Waals surface area (Å²) in [6.45, 7) is 2.10. The number of hydrogen-bond donors (Lipinski definition) is 1. The number of nitrogens with one attached hydrogen (secondary N) is 1. The highest BCUT2D eigenvalue weighted by atomic mass is 32.2. The normalized spacial score (nSPS) is 20.1. The highest BCUT2D eigenvalue weighted by Crippen LogP contribution is 2.26. The number of hydrogen-bond acceptors (Lipinski definition) is 5. The van der Waals surface area contributed by atoms with E-state index in [-0.39, 0.29) is 24.1 Å². The third kappa shape index (κ3) is 7.72. The summed E-state index contributed by atoms with van der Waals surface area (Å²) in [6.07, 6.45) is 11.2. The third-order valence-corrected chi connectivity index (χ3v) is 7.19. The Bertz CT molecular complexity index is 679. The molecule has 2 aliphatic carbocycles. The van der Waals surface area contributed by atoms with E-state index in [1.807, 2.05) is 0 Å². The molecule has 29 heavy (non-hydrogen) atoms. The first kappa shape index (κ1) is 23.8. The van der Waals surface area contributed by atoms with E-state index in [0.717, 1.165) is 64.0 Å². The molecule has 2 rings (SSSR count). The van der Waals surface area contributed by atoms with Gasteiger partial charge >= 0.3 is 0 Å². The summed E-state index contributed by atoms with van der Waals surface area (Å²) in [4.78, 5) is 39.6. The molecule has 0 saturated heterocycles. The number of Topliss-reactive ketones (excluding diaryl/α,β-unsaturated/α-hetero) is 1. The molecular formula is C21H36N2O5S. The van der Waals surface area contributed by atoms with Gasteiger partial charge in [-0.25, -0.2) is 8.42 Å². The van der Waals surface area contributed by atoms with Gasteiger partial charge in [-0.1, -0.05) is 38.5 Å². The fraction of sp³-hybridized carbons (Fsp3) is 0.857. The summed E-state index contributed by atoms with van der Waals surface area (Å²) in [5.74, 6) is -1.44. The van der Waals surface area contributed by atoms with Crippen molar-refractivity contribution in [3.8, 4) is 0 Å². The average Bonchev–Trinajstić information content (AvgIpc) is 2.71. The van der Waals surface area contributed by atoms with Crippen LogP contribution in [0.3, 0.4) is 0 Å². The predicted octanol–water partition coefficient (Wildman–Crippen LogP) is 2.24. The van der Waals surface area contributed by atoms with Crippen LogP contribution in [0.1, 0.15) is 77.6 Å². The van der Waals surface area contributed by atoms with Crippen molar-refractivity contribution in [2.24, 2.45) is 5.92 Å². The van der Waals surface area contributed by atoms with Crippen LogP contribution in [-0.4, -0.2) is 61.6 Å². The average molecular weight is 429 g/mol. The first-order valence-electron chi connectivity index (χ1n) is 11.0. The minimum Gasteiger partial charge on any atom is -0.349 e. The molecule has 2 aliphatic rings. The van der Waals surface area contributed by atoms with Gasteiger partial charge in [0.1, 0.15) is 9.84 Å². The summed E-state index contributed by atoms with van der Waals surface area (Å²) >= 11 is 0. The monoisotopic (exact) mass is 428 g/mol. The second-order valence-electron chi connectivity index (χ2n) is 8.73. The van der Waals surface area contributed by atoms with Crippen LogP contribution >= 0.6 is 0 Å². The molecule has 1 N–H and O–H groups in total. The smallest absolute Gasteiger partial charge is 0.289 e. The van der Waals surface area contributed by atoms with Gasteiger partial charge in [0.05, 0.1) is 11.8 Å². The van der Waals surface area contributed by atoms with E-state index >= 15 is 0 Å². The molecule has 0 spiro atoms. The molecule has 2 fully saturated rings. The number of rotatable bonds is 9. The van der Waals surface area contributed by atoms with Crippen molar-refractivity contribution in [3.05, 3.63) is 0 Å². The minimum atomic E-state index is -3.28. The first-order chi connectivity index (χ1) is 13.7. The van der Waals surface area contributed by atoms with Crippen molar-refractivity contribution >= 4 is 27.4 Å². The lowest BCUT2D eigenvalue weighted by molar-refractivity contribution is -0.147. The predicted molar refractivity (Wildman–Crippen MR) is 112 cm³/mol. The summed E-state index contributed by atoms with van der Waals surface area (Å²) in [6, 6.07) is -0.988. The molecule has 2 amide bonds. The van der Waals surface area contributed by atoms with Gasteiger partial charge in [-0.2, -0.15) is 0 Å². The van der Waals surface area contributed by atoms with Gasteiger partial charge in [0.15, 0.2) is 0 Å². The van der Waals surface area contributed by atoms with E-state index in [1.54, 1.807) is 6.92 Å². The van der Waals surface area contributed by atoms with Crippen molar-refractivity contribution in [2.75, 3.05) is 18.6 Å². The number of sulfone groups is 1. The van der Waals surface area contributed by atoms with E-state index < -0.39 is 27.6 Å². The van der Waals surface area contributed by atoms with Crippen LogP contribution in [0.15, 0.2) is 0 Å². The van der Waals surface area contributed by atoms with E-state index in [9.17, 15) is 22.8 Å². The zero-order valence-corrected chi connectivity index (χ0v) is 18.6. The largest absolute Gasteiger partial charge is 0.349 e. The Labute approximate surface area is 174 Å². The lowest BCUT2D eigenvalue weighted by Crippen LogP contribution is -2.53. The second kappa shape index (κ2) is 11.1. The van der Waals surface area contributed by atoms with E-state index in [2.05, 4.69) is 5.32 Å². The lowest BCUT2D eigenvalue weighted by atomic mass is 9.89. The van der Waals surface area contributed by atoms with Crippen molar-refractivity contribution < 1.29 is 22.8 Å². The molecule has 1 atom stereocenters. The van der Waals surface area contributed by atoms with Crippen molar-refractivity contribution in [2.45, 2.75) is 89.6 Å². The zero-order valence-electron chi connectivity index (χ0n) is 17.8.